The number of hydrogen-bond donors (Lipinski definition) is 1. The standard InChI is InChI=1S/C14H25O4P/c1-13(2)14(15)18-11-9-7-5-3-4-6-8-10-12-19(16)17/h1,3-12H2,2H3/p+1. The highest BCUT2D eigenvalue weighted by atomic mass is 31.1. The van der Waals surface area contributed by atoms with Crippen molar-refractivity contribution in [2.45, 2.75) is 58.3 Å². The van der Waals surface area contributed by atoms with Crippen LogP contribution in [0.2, 0.25) is 0 Å². The predicted molar refractivity (Wildman–Crippen MR) is 77.4 cm³/mol. The van der Waals surface area contributed by atoms with Crippen molar-refractivity contribution in [1.29, 1.82) is 0 Å². The first-order valence-corrected chi connectivity index (χ1v) is 8.40. The summed E-state index contributed by atoms with van der Waals surface area (Å²) in [6.07, 6.45) is 8.94. The molecule has 4 nitrogen and oxygen atoms in total. The first-order chi connectivity index (χ1) is 9.04. The first-order valence-electron chi connectivity index (χ1n) is 7.00. The number of carbonyl (C=O) groups is 1. The van der Waals surface area contributed by atoms with Crippen LogP contribution in [0.1, 0.15) is 58.3 Å². The lowest BCUT2D eigenvalue weighted by atomic mass is 10.1. The molecule has 0 fully saturated rings. The van der Waals surface area contributed by atoms with Gasteiger partial charge in [0.15, 0.2) is 6.16 Å². The molecule has 0 rings (SSSR count). The molecule has 110 valence electrons. The maximum Gasteiger partial charge on any atom is 0.505 e. The minimum Gasteiger partial charge on any atom is -0.462 e. The van der Waals surface area contributed by atoms with Gasteiger partial charge in [-0.05, 0) is 30.8 Å². The van der Waals surface area contributed by atoms with Crippen molar-refractivity contribution in [2.24, 2.45) is 0 Å². The van der Waals surface area contributed by atoms with Crippen molar-refractivity contribution in [3.05, 3.63) is 12.2 Å². The Kier molecular flexibility index (Phi) is 11.8. The van der Waals surface area contributed by atoms with E-state index in [1.807, 2.05) is 0 Å². The molecule has 0 saturated carbocycles. The second-order valence-corrected chi connectivity index (χ2v) is 5.97. The van der Waals surface area contributed by atoms with Gasteiger partial charge in [0.2, 0.25) is 0 Å². The van der Waals surface area contributed by atoms with Gasteiger partial charge in [-0.2, -0.15) is 4.89 Å². The summed E-state index contributed by atoms with van der Waals surface area (Å²) in [7, 11) is -1.94. The van der Waals surface area contributed by atoms with E-state index < -0.39 is 8.03 Å². The van der Waals surface area contributed by atoms with Gasteiger partial charge in [0.05, 0.1) is 6.61 Å². The van der Waals surface area contributed by atoms with Gasteiger partial charge in [-0.1, -0.05) is 38.7 Å². The number of hydrogen-bond acceptors (Lipinski definition) is 3. The van der Waals surface area contributed by atoms with Gasteiger partial charge >= 0.3 is 14.0 Å². The second kappa shape index (κ2) is 12.3. The number of ether oxygens (including phenoxy) is 1. The summed E-state index contributed by atoms with van der Waals surface area (Å²) in [6, 6.07) is 0. The Hall–Kier alpha value is -0.730. The summed E-state index contributed by atoms with van der Waals surface area (Å²) in [5, 5.41) is 0. The van der Waals surface area contributed by atoms with Gasteiger partial charge in [0.1, 0.15) is 0 Å². The topological polar surface area (TPSA) is 63.6 Å². The fraction of sp³-hybridized carbons (Fsp3) is 0.786. The highest BCUT2D eigenvalue weighted by Crippen LogP contribution is 2.17. The van der Waals surface area contributed by atoms with Crippen LogP contribution < -0.4 is 0 Å². The van der Waals surface area contributed by atoms with Crippen LogP contribution in [0.3, 0.4) is 0 Å². The first kappa shape index (κ1) is 18.3. The highest BCUT2D eigenvalue weighted by Gasteiger charge is 2.07. The van der Waals surface area contributed by atoms with Crippen LogP contribution in [0.5, 0.6) is 0 Å². The van der Waals surface area contributed by atoms with E-state index in [1.54, 1.807) is 6.92 Å². The van der Waals surface area contributed by atoms with E-state index in [-0.39, 0.29) is 5.97 Å². The van der Waals surface area contributed by atoms with Gasteiger partial charge in [-0.3, -0.25) is 0 Å². The summed E-state index contributed by atoms with van der Waals surface area (Å²) < 4.78 is 15.4. The fourth-order valence-electron chi connectivity index (χ4n) is 1.70. The summed E-state index contributed by atoms with van der Waals surface area (Å²) in [5.41, 5.74) is 0.449. The molecule has 1 N–H and O–H groups in total. The summed E-state index contributed by atoms with van der Waals surface area (Å²) in [4.78, 5) is 19.7. The Morgan fingerprint density at radius 2 is 1.53 bits per heavy atom. The van der Waals surface area contributed by atoms with Crippen molar-refractivity contribution in [3.63, 3.8) is 0 Å². The van der Waals surface area contributed by atoms with Gasteiger partial charge in [-0.25, -0.2) is 4.79 Å². The molecule has 0 amide bonds. The van der Waals surface area contributed by atoms with Crippen LogP contribution in [0, 0.1) is 0 Å². The van der Waals surface area contributed by atoms with Crippen molar-refractivity contribution in [1.82, 2.24) is 0 Å². The summed E-state index contributed by atoms with van der Waals surface area (Å²) in [6.45, 7) is 5.65. The van der Waals surface area contributed by atoms with Crippen molar-refractivity contribution < 1.29 is 19.0 Å². The average Bonchev–Trinajstić information content (AvgIpc) is 2.35. The van der Waals surface area contributed by atoms with Crippen LogP contribution in [0.4, 0.5) is 0 Å². The SMILES string of the molecule is C=C(C)C(=O)OCCCCCCCCCC[P+](=O)O. The lowest BCUT2D eigenvalue weighted by molar-refractivity contribution is -0.139. The van der Waals surface area contributed by atoms with Gasteiger partial charge in [-0.15, -0.1) is 0 Å². The Morgan fingerprint density at radius 3 is 2.00 bits per heavy atom. The molecule has 0 aromatic rings. The highest BCUT2D eigenvalue weighted by molar-refractivity contribution is 7.37. The Bertz CT molecular complexity index is 289. The molecule has 0 radical (unpaired) electrons. The Labute approximate surface area is 117 Å². The van der Waals surface area contributed by atoms with E-state index >= 15 is 0 Å². The quantitative estimate of drug-likeness (QED) is 0.255. The van der Waals surface area contributed by atoms with E-state index in [4.69, 9.17) is 9.63 Å². The summed E-state index contributed by atoms with van der Waals surface area (Å²) in [5.74, 6) is -0.304. The average molecular weight is 289 g/mol. The number of carbonyl (C=O) groups excluding carboxylic acids is 1. The minimum atomic E-state index is -1.94. The maximum atomic E-state index is 11.1. The van der Waals surface area contributed by atoms with Crippen molar-refractivity contribution >= 4 is 14.0 Å². The van der Waals surface area contributed by atoms with Crippen LogP contribution in [-0.4, -0.2) is 23.6 Å². The molecular formula is C14H26O4P+. The van der Waals surface area contributed by atoms with Crippen LogP contribution >= 0.6 is 8.03 Å². The second-order valence-electron chi connectivity index (χ2n) is 4.82. The van der Waals surface area contributed by atoms with Crippen LogP contribution in [0.15, 0.2) is 12.2 Å². The number of esters is 1. The van der Waals surface area contributed by atoms with E-state index in [9.17, 15) is 9.36 Å². The molecule has 0 heterocycles. The van der Waals surface area contributed by atoms with Crippen LogP contribution in [0.25, 0.3) is 0 Å². The smallest absolute Gasteiger partial charge is 0.462 e. The Morgan fingerprint density at radius 1 is 1.05 bits per heavy atom. The molecule has 0 aliphatic carbocycles. The predicted octanol–water partition coefficient (Wildman–Crippen LogP) is 3.96. The molecule has 0 spiro atoms. The molecule has 0 aliphatic rings. The van der Waals surface area contributed by atoms with Crippen molar-refractivity contribution in [3.8, 4) is 0 Å². The van der Waals surface area contributed by atoms with E-state index in [1.165, 1.54) is 12.8 Å². The van der Waals surface area contributed by atoms with Crippen molar-refractivity contribution in [2.75, 3.05) is 12.8 Å². The normalized spacial score (nSPS) is 11.2. The lowest BCUT2D eigenvalue weighted by Gasteiger charge is -2.04. The third-order valence-electron chi connectivity index (χ3n) is 2.83. The largest absolute Gasteiger partial charge is 0.505 e. The Balaban J connectivity index is 3.13. The zero-order chi connectivity index (χ0) is 14.5. The van der Waals surface area contributed by atoms with E-state index in [0.717, 1.165) is 38.5 Å². The zero-order valence-corrected chi connectivity index (χ0v) is 12.8. The molecule has 0 aliphatic heterocycles. The molecule has 0 bridgehead atoms. The lowest BCUT2D eigenvalue weighted by Crippen LogP contribution is -2.05. The van der Waals surface area contributed by atoms with Gasteiger partial charge in [0.25, 0.3) is 0 Å². The monoisotopic (exact) mass is 289 g/mol. The minimum absolute atomic E-state index is 0.304. The van der Waals surface area contributed by atoms with E-state index in [2.05, 4.69) is 6.58 Å². The van der Waals surface area contributed by atoms with Gasteiger partial charge in [0, 0.05) is 5.57 Å². The summed E-state index contributed by atoms with van der Waals surface area (Å²) >= 11 is 0. The third-order valence-corrected chi connectivity index (χ3v) is 3.52. The molecule has 0 aromatic heterocycles. The molecule has 0 aromatic carbocycles. The molecule has 19 heavy (non-hydrogen) atoms. The van der Waals surface area contributed by atoms with Gasteiger partial charge < -0.3 is 4.74 Å². The maximum absolute atomic E-state index is 11.1. The fourth-order valence-corrected chi connectivity index (χ4v) is 2.19. The van der Waals surface area contributed by atoms with E-state index in [0.29, 0.717) is 18.3 Å². The molecule has 5 heteroatoms. The molecular weight excluding hydrogens is 263 g/mol. The molecule has 1 unspecified atom stereocenters. The third kappa shape index (κ3) is 13.5. The zero-order valence-electron chi connectivity index (χ0n) is 11.9. The number of rotatable bonds is 12. The number of unbranched alkanes of at least 4 members (excludes halogenated alkanes) is 7. The molecule has 0 saturated heterocycles. The van der Waals surface area contributed by atoms with Crippen LogP contribution in [-0.2, 0) is 14.1 Å². The molecule has 1 atom stereocenters.